The van der Waals surface area contributed by atoms with Crippen LogP contribution in [0.5, 0.6) is 11.5 Å². The van der Waals surface area contributed by atoms with Gasteiger partial charge in [-0.1, -0.05) is 11.6 Å². The van der Waals surface area contributed by atoms with Gasteiger partial charge in [-0.15, -0.1) is 0 Å². The molecule has 21 heavy (non-hydrogen) atoms. The van der Waals surface area contributed by atoms with Crippen LogP contribution in [0.2, 0.25) is 0 Å². The van der Waals surface area contributed by atoms with E-state index in [1.165, 1.54) is 11.8 Å². The Morgan fingerprint density at radius 2 is 2.00 bits per heavy atom. The average molecular weight is 286 g/mol. The molecule has 1 aliphatic rings. The van der Waals surface area contributed by atoms with Crippen molar-refractivity contribution in [3.05, 3.63) is 41.1 Å². The van der Waals surface area contributed by atoms with Gasteiger partial charge in [0.1, 0.15) is 11.5 Å². The molecule has 4 heteroatoms. The third-order valence-electron chi connectivity index (χ3n) is 3.86. The summed E-state index contributed by atoms with van der Waals surface area (Å²) >= 11 is 0. The van der Waals surface area contributed by atoms with Gasteiger partial charge in [0.05, 0.1) is 0 Å². The van der Waals surface area contributed by atoms with E-state index in [1.54, 1.807) is 25.4 Å². The van der Waals surface area contributed by atoms with Crippen molar-refractivity contribution in [3.8, 4) is 11.5 Å². The number of phenolic OH excluding ortho intramolecular Hbond substituents is 2. The number of nitrogens with zero attached hydrogens (tertiary/aromatic N) is 1. The Labute approximate surface area is 125 Å². The van der Waals surface area contributed by atoms with E-state index in [4.69, 9.17) is 5.73 Å². The molecule has 1 aromatic carbocycles. The van der Waals surface area contributed by atoms with Gasteiger partial charge in [0.2, 0.25) is 0 Å². The van der Waals surface area contributed by atoms with E-state index < -0.39 is 0 Å². The van der Waals surface area contributed by atoms with Gasteiger partial charge in [-0.25, -0.2) is 0 Å². The zero-order valence-corrected chi connectivity index (χ0v) is 12.5. The minimum Gasteiger partial charge on any atom is -0.507 e. The third kappa shape index (κ3) is 3.27. The number of benzene rings is 1. The van der Waals surface area contributed by atoms with Crippen LogP contribution in [-0.4, -0.2) is 23.5 Å². The molecule has 2 rings (SSSR count). The first-order valence-corrected chi connectivity index (χ1v) is 7.14. The largest absolute Gasteiger partial charge is 0.507 e. The maximum absolute atomic E-state index is 10.3. The fourth-order valence-corrected chi connectivity index (χ4v) is 2.86. The van der Waals surface area contributed by atoms with Crippen LogP contribution < -0.4 is 5.73 Å². The lowest BCUT2D eigenvalue weighted by molar-refractivity contribution is 0.428. The highest BCUT2D eigenvalue weighted by molar-refractivity contribution is 6.09. The Bertz CT molecular complexity index is 592. The molecule has 1 atom stereocenters. The highest BCUT2D eigenvalue weighted by Gasteiger charge is 2.21. The van der Waals surface area contributed by atoms with Gasteiger partial charge in [0.15, 0.2) is 0 Å². The summed E-state index contributed by atoms with van der Waals surface area (Å²) in [5, 5.41) is 20.6. The molecule has 1 unspecified atom stereocenters. The van der Waals surface area contributed by atoms with Crippen LogP contribution in [0.15, 0.2) is 35.0 Å². The Balaban J connectivity index is 2.45. The molecule has 0 saturated heterocycles. The first-order chi connectivity index (χ1) is 10.1. The van der Waals surface area contributed by atoms with Crippen LogP contribution in [0.3, 0.4) is 0 Å². The third-order valence-corrected chi connectivity index (χ3v) is 3.86. The molecule has 1 aliphatic carbocycles. The molecule has 0 bridgehead atoms. The van der Waals surface area contributed by atoms with Crippen LogP contribution in [0, 0.1) is 0 Å². The van der Waals surface area contributed by atoms with Crippen molar-refractivity contribution in [2.75, 3.05) is 7.05 Å². The summed E-state index contributed by atoms with van der Waals surface area (Å²) in [5.41, 5.74) is 8.77. The zero-order chi connectivity index (χ0) is 15.4. The van der Waals surface area contributed by atoms with Gasteiger partial charge in [-0.05, 0) is 43.9 Å². The quantitative estimate of drug-likeness (QED) is 0.589. The lowest BCUT2D eigenvalue weighted by Crippen LogP contribution is -2.03. The molecule has 0 fully saturated rings. The molecular weight excluding hydrogens is 264 g/mol. The van der Waals surface area contributed by atoms with Crippen molar-refractivity contribution in [1.82, 2.24) is 0 Å². The summed E-state index contributed by atoms with van der Waals surface area (Å²) in [6.45, 7) is 2.08. The van der Waals surface area contributed by atoms with Gasteiger partial charge in [0.25, 0.3) is 0 Å². The van der Waals surface area contributed by atoms with Gasteiger partial charge < -0.3 is 15.9 Å². The average Bonchev–Trinajstić information content (AvgIpc) is 2.44. The number of phenols is 2. The maximum Gasteiger partial charge on any atom is 0.123 e. The van der Waals surface area contributed by atoms with E-state index in [0.717, 1.165) is 19.3 Å². The molecule has 4 nitrogen and oxygen atoms in total. The molecule has 0 saturated carbocycles. The second-order valence-electron chi connectivity index (χ2n) is 5.45. The second-order valence-corrected chi connectivity index (χ2v) is 5.45. The zero-order valence-electron chi connectivity index (χ0n) is 12.5. The Morgan fingerprint density at radius 1 is 1.33 bits per heavy atom. The summed E-state index contributed by atoms with van der Waals surface area (Å²) in [7, 11) is 1.65. The van der Waals surface area contributed by atoms with Crippen LogP contribution >= 0.6 is 0 Å². The molecule has 0 spiro atoms. The number of rotatable bonds is 3. The minimum atomic E-state index is 0.0675. The van der Waals surface area contributed by atoms with Gasteiger partial charge in [-0.3, -0.25) is 4.99 Å². The molecule has 0 aromatic heterocycles. The molecule has 0 aliphatic heterocycles. The van der Waals surface area contributed by atoms with Crippen molar-refractivity contribution < 1.29 is 10.2 Å². The van der Waals surface area contributed by atoms with Crippen LogP contribution in [-0.2, 0) is 0 Å². The number of aliphatic imine (C=N–C) groups is 1. The highest BCUT2D eigenvalue weighted by atomic mass is 16.3. The number of allylic oxidation sites excluding steroid dienone is 3. The molecule has 0 amide bonds. The Hall–Kier alpha value is -2.23. The maximum atomic E-state index is 10.3. The topological polar surface area (TPSA) is 78.8 Å². The molecule has 1 aromatic rings. The van der Waals surface area contributed by atoms with Gasteiger partial charge >= 0.3 is 0 Å². The first-order valence-electron chi connectivity index (χ1n) is 7.14. The van der Waals surface area contributed by atoms with E-state index in [0.29, 0.717) is 16.7 Å². The highest BCUT2D eigenvalue weighted by Crippen LogP contribution is 2.42. The summed E-state index contributed by atoms with van der Waals surface area (Å²) in [4.78, 5) is 3.92. The van der Waals surface area contributed by atoms with Crippen molar-refractivity contribution in [3.63, 3.8) is 0 Å². The summed E-state index contributed by atoms with van der Waals surface area (Å²) in [6, 6.07) is 3.26. The smallest absolute Gasteiger partial charge is 0.123 e. The minimum absolute atomic E-state index is 0.0675. The SMILES string of the molecule is CN=C/C(=C\N)c1cc(O)c(C2C=C(C)CCC2)c(O)c1. The Kier molecular flexibility index (Phi) is 4.68. The van der Waals surface area contributed by atoms with Crippen LogP contribution in [0.1, 0.15) is 43.2 Å². The predicted octanol–water partition coefficient (Wildman–Crippen LogP) is 3.31. The van der Waals surface area contributed by atoms with E-state index in [-0.39, 0.29) is 17.4 Å². The fourth-order valence-electron chi connectivity index (χ4n) is 2.86. The van der Waals surface area contributed by atoms with Crippen molar-refractivity contribution in [2.45, 2.75) is 32.1 Å². The Morgan fingerprint density at radius 3 is 2.52 bits per heavy atom. The number of nitrogens with two attached hydrogens (primary N) is 1. The van der Waals surface area contributed by atoms with Crippen molar-refractivity contribution in [1.29, 1.82) is 0 Å². The lowest BCUT2D eigenvalue weighted by atomic mass is 9.84. The predicted molar refractivity (Wildman–Crippen MR) is 86.7 cm³/mol. The standard InChI is InChI=1S/C17H22N2O2/c1-11-4-3-5-12(6-11)17-15(20)7-13(8-16(17)21)14(9-18)10-19-2/h6-10,12,20-21H,3-5,18H2,1-2H3/b14-9+,19-10?. The second kappa shape index (κ2) is 6.48. The normalized spacial score (nSPS) is 19.8. The molecular formula is C17H22N2O2. The number of aromatic hydroxyl groups is 2. The fraction of sp³-hybridized carbons (Fsp3) is 0.353. The summed E-state index contributed by atoms with van der Waals surface area (Å²) < 4.78 is 0. The van der Waals surface area contributed by atoms with E-state index in [1.807, 2.05) is 0 Å². The summed E-state index contributed by atoms with van der Waals surface area (Å²) in [6.07, 6.45) is 8.23. The van der Waals surface area contributed by atoms with Crippen LogP contribution in [0.25, 0.3) is 5.57 Å². The number of hydrogen-bond acceptors (Lipinski definition) is 4. The van der Waals surface area contributed by atoms with Gasteiger partial charge in [0, 0.05) is 36.5 Å². The first kappa shape index (κ1) is 15.2. The molecule has 0 radical (unpaired) electrons. The van der Waals surface area contributed by atoms with Crippen molar-refractivity contribution >= 4 is 11.8 Å². The van der Waals surface area contributed by atoms with E-state index in [9.17, 15) is 10.2 Å². The number of hydrogen-bond donors (Lipinski definition) is 3. The summed E-state index contributed by atoms with van der Waals surface area (Å²) in [5.74, 6) is 0.271. The van der Waals surface area contributed by atoms with Crippen LogP contribution in [0.4, 0.5) is 0 Å². The van der Waals surface area contributed by atoms with E-state index in [2.05, 4.69) is 18.0 Å². The molecule has 4 N–H and O–H groups in total. The lowest BCUT2D eigenvalue weighted by Gasteiger charge is -2.22. The van der Waals surface area contributed by atoms with Crippen molar-refractivity contribution in [2.24, 2.45) is 10.7 Å². The van der Waals surface area contributed by atoms with Gasteiger partial charge in [-0.2, -0.15) is 0 Å². The monoisotopic (exact) mass is 286 g/mol. The molecule has 0 heterocycles. The molecule has 112 valence electrons. The van der Waals surface area contributed by atoms with E-state index >= 15 is 0 Å².